The number of hydrogen-bond acceptors (Lipinski definition) is 6. The summed E-state index contributed by atoms with van der Waals surface area (Å²) in [5.41, 5.74) is 0. The van der Waals surface area contributed by atoms with E-state index < -0.39 is 5.92 Å². The third-order valence-corrected chi connectivity index (χ3v) is 5.76. The molecule has 0 radical (unpaired) electrons. The Labute approximate surface area is 147 Å². The number of amides is 4. The molecule has 0 spiro atoms. The van der Waals surface area contributed by atoms with E-state index in [0.717, 1.165) is 24.2 Å². The van der Waals surface area contributed by atoms with Gasteiger partial charge in [-0.3, -0.25) is 25.1 Å². The van der Waals surface area contributed by atoms with Crippen molar-refractivity contribution in [1.82, 2.24) is 25.8 Å². The largest absolute Gasteiger partial charge is 0.358 e. The van der Waals surface area contributed by atoms with Crippen LogP contribution in [0.4, 0.5) is 4.79 Å². The number of nitrogens with one attached hydrogen (secondary N) is 3. The highest BCUT2D eigenvalue weighted by molar-refractivity contribution is 8.00. The minimum atomic E-state index is -0.426. The zero-order chi connectivity index (χ0) is 17.9. The average molecular weight is 357 g/mol. The molecule has 0 aliphatic carbocycles. The summed E-state index contributed by atoms with van der Waals surface area (Å²) in [5, 5.41) is 9.20. The number of unbranched alkanes of at least 4 members (excludes halogenated alkanes) is 1. The normalized spacial score (nSPS) is 30.3. The standard InChI is InChI=1S/C15H27N5O3S/c1-5-6-7-9-17-12-11(13(18-9)24-8-10(21)16-2)14(22)20(4)15(23)19(12)3/h9,11-13,17-18H,5-8H2,1-4H3,(H,16,21). The average Bonchev–Trinajstić information content (AvgIpc) is 2.60. The van der Waals surface area contributed by atoms with Gasteiger partial charge >= 0.3 is 6.03 Å². The Kier molecular flexibility index (Phi) is 6.47. The second kappa shape index (κ2) is 8.17. The van der Waals surface area contributed by atoms with Gasteiger partial charge in [-0.25, -0.2) is 4.79 Å². The lowest BCUT2D eigenvalue weighted by Crippen LogP contribution is -2.74. The van der Waals surface area contributed by atoms with Crippen LogP contribution < -0.4 is 16.0 Å². The van der Waals surface area contributed by atoms with Gasteiger partial charge in [0.1, 0.15) is 0 Å². The summed E-state index contributed by atoms with van der Waals surface area (Å²) in [4.78, 5) is 39.2. The van der Waals surface area contributed by atoms with E-state index in [2.05, 4.69) is 22.9 Å². The van der Waals surface area contributed by atoms with Crippen molar-refractivity contribution in [3.05, 3.63) is 0 Å². The van der Waals surface area contributed by atoms with Crippen molar-refractivity contribution in [3.63, 3.8) is 0 Å². The van der Waals surface area contributed by atoms with Crippen molar-refractivity contribution in [2.75, 3.05) is 26.9 Å². The van der Waals surface area contributed by atoms with Crippen LogP contribution in [-0.2, 0) is 9.59 Å². The summed E-state index contributed by atoms with van der Waals surface area (Å²) in [7, 11) is 4.80. The third kappa shape index (κ3) is 3.84. The first-order valence-electron chi connectivity index (χ1n) is 8.29. The molecule has 0 saturated carbocycles. The smallest absolute Gasteiger partial charge is 0.327 e. The van der Waals surface area contributed by atoms with E-state index in [4.69, 9.17) is 0 Å². The number of hydrogen-bond donors (Lipinski definition) is 3. The van der Waals surface area contributed by atoms with Gasteiger partial charge in [0.25, 0.3) is 0 Å². The molecule has 0 bridgehead atoms. The SMILES string of the molecule is CCCCC1NC(SCC(=O)NC)C2C(=O)N(C)C(=O)N(C)C2N1. The maximum absolute atomic E-state index is 12.6. The first kappa shape index (κ1) is 19.0. The number of imide groups is 1. The van der Waals surface area contributed by atoms with Gasteiger partial charge < -0.3 is 10.2 Å². The van der Waals surface area contributed by atoms with Crippen LogP contribution in [0.25, 0.3) is 0 Å². The van der Waals surface area contributed by atoms with Gasteiger partial charge in [-0.1, -0.05) is 19.8 Å². The Hall–Kier alpha value is -1.32. The lowest BCUT2D eigenvalue weighted by molar-refractivity contribution is -0.140. The number of carbonyl (C=O) groups excluding carboxylic acids is 3. The minimum absolute atomic E-state index is 0.0137. The van der Waals surface area contributed by atoms with Crippen LogP contribution in [-0.4, -0.2) is 72.2 Å². The highest BCUT2D eigenvalue weighted by Gasteiger charge is 2.50. The summed E-state index contributed by atoms with van der Waals surface area (Å²) in [6.45, 7) is 2.12. The fraction of sp³-hybridized carbons (Fsp3) is 0.800. The minimum Gasteiger partial charge on any atom is -0.358 e. The Morgan fingerprint density at radius 1 is 1.29 bits per heavy atom. The first-order chi connectivity index (χ1) is 11.4. The Bertz CT molecular complexity index is 504. The van der Waals surface area contributed by atoms with Crippen LogP contribution in [0.3, 0.4) is 0 Å². The molecule has 2 aliphatic heterocycles. The van der Waals surface area contributed by atoms with E-state index in [9.17, 15) is 14.4 Å². The quantitative estimate of drug-likeness (QED) is 0.618. The van der Waals surface area contributed by atoms with Crippen molar-refractivity contribution >= 4 is 29.6 Å². The molecule has 2 aliphatic rings. The molecule has 0 aromatic heterocycles. The molecule has 4 unspecified atom stereocenters. The number of urea groups is 1. The predicted octanol–water partition coefficient (Wildman–Crippen LogP) is -0.0331. The molecule has 0 aromatic carbocycles. The molecule has 2 rings (SSSR count). The van der Waals surface area contributed by atoms with Crippen molar-refractivity contribution in [1.29, 1.82) is 0 Å². The van der Waals surface area contributed by atoms with Gasteiger partial charge in [0.2, 0.25) is 11.8 Å². The van der Waals surface area contributed by atoms with E-state index in [-0.39, 0.29) is 41.3 Å². The Balaban J connectivity index is 2.19. The zero-order valence-electron chi connectivity index (χ0n) is 14.7. The van der Waals surface area contributed by atoms with Gasteiger partial charge in [-0.15, -0.1) is 11.8 Å². The molecule has 136 valence electrons. The highest BCUT2D eigenvalue weighted by Crippen LogP contribution is 2.31. The van der Waals surface area contributed by atoms with Crippen LogP contribution in [0.15, 0.2) is 0 Å². The van der Waals surface area contributed by atoms with Crippen molar-refractivity contribution in [2.45, 2.75) is 43.9 Å². The molecule has 8 nitrogen and oxygen atoms in total. The monoisotopic (exact) mass is 357 g/mol. The summed E-state index contributed by atoms with van der Waals surface area (Å²) >= 11 is 1.41. The molecule has 0 aromatic rings. The highest BCUT2D eigenvalue weighted by atomic mass is 32.2. The van der Waals surface area contributed by atoms with Crippen LogP contribution in [0, 0.1) is 5.92 Å². The Morgan fingerprint density at radius 3 is 2.62 bits per heavy atom. The van der Waals surface area contributed by atoms with E-state index >= 15 is 0 Å². The maximum atomic E-state index is 12.6. The zero-order valence-corrected chi connectivity index (χ0v) is 15.5. The topological polar surface area (TPSA) is 93.8 Å². The number of nitrogens with zero attached hydrogens (tertiary/aromatic N) is 2. The second-order valence-electron chi connectivity index (χ2n) is 6.19. The van der Waals surface area contributed by atoms with Gasteiger partial charge in [-0.2, -0.15) is 0 Å². The molecule has 2 saturated heterocycles. The fourth-order valence-electron chi connectivity index (χ4n) is 3.08. The molecule has 24 heavy (non-hydrogen) atoms. The molecule has 3 N–H and O–H groups in total. The fourth-order valence-corrected chi connectivity index (χ4v) is 4.29. The van der Waals surface area contributed by atoms with Crippen molar-refractivity contribution in [3.8, 4) is 0 Å². The second-order valence-corrected chi connectivity index (χ2v) is 7.32. The van der Waals surface area contributed by atoms with Crippen molar-refractivity contribution in [2.24, 2.45) is 5.92 Å². The molecule has 9 heteroatoms. The van der Waals surface area contributed by atoms with E-state index in [1.807, 2.05) is 0 Å². The first-order valence-corrected chi connectivity index (χ1v) is 9.34. The van der Waals surface area contributed by atoms with Crippen LogP contribution >= 0.6 is 11.8 Å². The number of rotatable bonds is 6. The van der Waals surface area contributed by atoms with Crippen LogP contribution in [0.1, 0.15) is 26.2 Å². The van der Waals surface area contributed by atoms with E-state index in [0.29, 0.717) is 0 Å². The Morgan fingerprint density at radius 2 is 2.00 bits per heavy atom. The summed E-state index contributed by atoms with van der Waals surface area (Å²) < 4.78 is 0. The number of thioether (sulfide) groups is 1. The molecule has 2 fully saturated rings. The number of fused-ring (bicyclic) bond motifs is 1. The number of carbonyl (C=O) groups is 3. The lowest BCUT2D eigenvalue weighted by atomic mass is 9.96. The molecule has 2 heterocycles. The van der Waals surface area contributed by atoms with Crippen LogP contribution in [0.2, 0.25) is 0 Å². The van der Waals surface area contributed by atoms with Gasteiger partial charge in [0, 0.05) is 21.1 Å². The summed E-state index contributed by atoms with van der Waals surface area (Å²) in [6, 6.07) is -0.306. The van der Waals surface area contributed by atoms with Crippen molar-refractivity contribution < 1.29 is 14.4 Å². The summed E-state index contributed by atoms with van der Waals surface area (Å²) in [6.07, 6.45) is 2.68. The van der Waals surface area contributed by atoms with Gasteiger partial charge in [-0.05, 0) is 6.42 Å². The van der Waals surface area contributed by atoms with Gasteiger partial charge in [0.05, 0.1) is 29.4 Å². The van der Waals surface area contributed by atoms with E-state index in [1.54, 1.807) is 19.0 Å². The molecular weight excluding hydrogens is 330 g/mol. The van der Waals surface area contributed by atoms with E-state index in [1.165, 1.54) is 18.8 Å². The van der Waals surface area contributed by atoms with Crippen LogP contribution in [0.5, 0.6) is 0 Å². The third-order valence-electron chi connectivity index (χ3n) is 4.54. The van der Waals surface area contributed by atoms with Gasteiger partial charge in [0.15, 0.2) is 0 Å². The maximum Gasteiger partial charge on any atom is 0.327 e. The molecular formula is C15H27N5O3S. The predicted molar refractivity (Wildman–Crippen MR) is 93.1 cm³/mol. The lowest BCUT2D eigenvalue weighted by Gasteiger charge is -2.50. The summed E-state index contributed by atoms with van der Waals surface area (Å²) in [5.74, 6) is -0.452. The molecule has 4 amide bonds. The molecule has 4 atom stereocenters.